The number of nitrogens with zero attached hydrogens (tertiary/aromatic N) is 3. The lowest BCUT2D eigenvalue weighted by Crippen LogP contribution is -2.45. The number of fused-ring (bicyclic) bond motifs is 1. The predicted molar refractivity (Wildman–Crippen MR) is 92.9 cm³/mol. The third-order valence-corrected chi connectivity index (χ3v) is 5.54. The molecule has 2 aliphatic rings. The maximum Gasteiger partial charge on any atom is 0.326 e. The van der Waals surface area contributed by atoms with Crippen molar-refractivity contribution in [2.45, 2.75) is 25.3 Å². The molecule has 2 fully saturated rings. The quantitative estimate of drug-likeness (QED) is 0.938. The molecule has 0 unspecified atom stereocenters. The molecule has 124 valence electrons. The molecule has 2 aromatic rings. The second-order valence-corrected chi connectivity index (χ2v) is 7.27. The number of piperidine rings is 1. The van der Waals surface area contributed by atoms with E-state index in [0.29, 0.717) is 6.04 Å². The number of hydrogen-bond acceptors (Lipinski definition) is 3. The Morgan fingerprint density at radius 1 is 1.17 bits per heavy atom. The first kappa shape index (κ1) is 15.0. The van der Waals surface area contributed by atoms with Crippen LogP contribution in [0.1, 0.15) is 25.3 Å². The fourth-order valence-electron chi connectivity index (χ4n) is 4.21. The second-order valence-electron chi connectivity index (χ2n) is 7.27. The van der Waals surface area contributed by atoms with Crippen LogP contribution in [0, 0.1) is 5.92 Å². The number of imidazole rings is 1. The highest BCUT2D eigenvalue weighted by Gasteiger charge is 2.26. The Balaban J connectivity index is 1.37. The normalized spacial score (nSPS) is 21.8. The molecule has 5 heteroatoms. The molecule has 5 nitrogen and oxygen atoms in total. The van der Waals surface area contributed by atoms with Crippen LogP contribution in [0.15, 0.2) is 29.1 Å². The van der Waals surface area contributed by atoms with Crippen molar-refractivity contribution in [2.24, 2.45) is 5.92 Å². The van der Waals surface area contributed by atoms with Gasteiger partial charge >= 0.3 is 5.69 Å². The number of benzene rings is 1. The summed E-state index contributed by atoms with van der Waals surface area (Å²) in [5.41, 5.74) is 2.05. The van der Waals surface area contributed by atoms with Crippen LogP contribution in [0.5, 0.6) is 0 Å². The number of para-hydroxylation sites is 2. The van der Waals surface area contributed by atoms with Crippen molar-refractivity contribution in [3.05, 3.63) is 34.7 Å². The van der Waals surface area contributed by atoms with Crippen LogP contribution in [-0.2, 0) is 0 Å². The van der Waals surface area contributed by atoms with E-state index in [2.05, 4.69) is 21.8 Å². The van der Waals surface area contributed by atoms with Crippen LogP contribution in [0.3, 0.4) is 0 Å². The summed E-state index contributed by atoms with van der Waals surface area (Å²) in [6.07, 6.45) is 3.47. The lowest BCUT2D eigenvalue weighted by Gasteiger charge is -2.38. The Morgan fingerprint density at radius 2 is 1.91 bits per heavy atom. The van der Waals surface area contributed by atoms with Gasteiger partial charge < -0.3 is 14.8 Å². The molecule has 0 saturated carbocycles. The van der Waals surface area contributed by atoms with Gasteiger partial charge in [0.05, 0.1) is 11.0 Å². The summed E-state index contributed by atoms with van der Waals surface area (Å²) in [7, 11) is 2.20. The van der Waals surface area contributed by atoms with Gasteiger partial charge in [-0.1, -0.05) is 12.1 Å². The van der Waals surface area contributed by atoms with Crippen molar-refractivity contribution in [1.29, 1.82) is 0 Å². The van der Waals surface area contributed by atoms with Gasteiger partial charge in [0.15, 0.2) is 0 Å². The van der Waals surface area contributed by atoms with E-state index in [-0.39, 0.29) is 5.69 Å². The third kappa shape index (κ3) is 2.95. The van der Waals surface area contributed by atoms with Crippen LogP contribution in [0.2, 0.25) is 0 Å². The molecule has 1 aromatic heterocycles. The van der Waals surface area contributed by atoms with Crippen molar-refractivity contribution in [3.8, 4) is 0 Å². The molecule has 1 aromatic carbocycles. The van der Waals surface area contributed by atoms with Crippen molar-refractivity contribution < 1.29 is 0 Å². The number of likely N-dealkylation sites (tertiary alicyclic amines) is 2. The summed E-state index contributed by atoms with van der Waals surface area (Å²) in [4.78, 5) is 20.3. The zero-order valence-electron chi connectivity index (χ0n) is 13.9. The van der Waals surface area contributed by atoms with E-state index in [4.69, 9.17) is 0 Å². The molecule has 2 aliphatic heterocycles. The van der Waals surface area contributed by atoms with Gasteiger partial charge in [-0.2, -0.15) is 0 Å². The molecule has 1 N–H and O–H groups in total. The Morgan fingerprint density at radius 3 is 2.65 bits per heavy atom. The molecule has 23 heavy (non-hydrogen) atoms. The number of aromatic amines is 1. The van der Waals surface area contributed by atoms with Crippen molar-refractivity contribution in [2.75, 3.05) is 39.8 Å². The molecule has 0 radical (unpaired) electrons. The van der Waals surface area contributed by atoms with Crippen molar-refractivity contribution in [3.63, 3.8) is 0 Å². The average Bonchev–Trinajstić information content (AvgIpc) is 2.87. The van der Waals surface area contributed by atoms with Gasteiger partial charge in [-0.25, -0.2) is 4.79 Å². The fraction of sp³-hybridized carbons (Fsp3) is 0.611. The summed E-state index contributed by atoms with van der Waals surface area (Å²) in [5, 5.41) is 0. The van der Waals surface area contributed by atoms with Gasteiger partial charge in [-0.05, 0) is 50.9 Å². The first-order valence-corrected chi connectivity index (χ1v) is 8.81. The van der Waals surface area contributed by atoms with Crippen LogP contribution < -0.4 is 5.69 Å². The Kier molecular flexibility index (Phi) is 3.99. The standard InChI is InChI=1S/C18H26N4O/c1-20-12-14(13-20)6-9-21-10-7-15(8-11-21)22-17-5-3-2-4-16(17)19-18(22)23/h2-5,14-15H,6-13H2,1H3,(H,19,23). The van der Waals surface area contributed by atoms with Gasteiger partial charge in [-0.3, -0.25) is 4.57 Å². The Labute approximate surface area is 136 Å². The molecule has 0 spiro atoms. The number of H-pyrrole nitrogens is 1. The molecule has 0 bridgehead atoms. The van der Waals surface area contributed by atoms with E-state index < -0.39 is 0 Å². The van der Waals surface area contributed by atoms with Gasteiger partial charge in [0.25, 0.3) is 0 Å². The largest absolute Gasteiger partial charge is 0.326 e. The summed E-state index contributed by atoms with van der Waals surface area (Å²) in [6.45, 7) is 5.97. The van der Waals surface area contributed by atoms with Crippen molar-refractivity contribution >= 4 is 11.0 Å². The highest BCUT2D eigenvalue weighted by molar-refractivity contribution is 5.75. The zero-order valence-corrected chi connectivity index (χ0v) is 13.9. The monoisotopic (exact) mass is 314 g/mol. The molecule has 3 heterocycles. The molecule has 4 rings (SSSR count). The minimum absolute atomic E-state index is 0.0437. The maximum atomic E-state index is 12.3. The molecule has 2 saturated heterocycles. The van der Waals surface area contributed by atoms with E-state index in [1.165, 1.54) is 26.1 Å². The SMILES string of the molecule is CN1CC(CCN2CCC(n3c(=O)[nH]c4ccccc43)CC2)C1. The van der Waals surface area contributed by atoms with E-state index in [1.807, 2.05) is 28.8 Å². The number of aromatic nitrogens is 2. The first-order chi connectivity index (χ1) is 11.2. The first-order valence-electron chi connectivity index (χ1n) is 8.81. The lowest BCUT2D eigenvalue weighted by atomic mass is 9.96. The summed E-state index contributed by atoms with van der Waals surface area (Å²) in [5.74, 6) is 0.897. The summed E-state index contributed by atoms with van der Waals surface area (Å²) < 4.78 is 1.98. The van der Waals surface area contributed by atoms with Gasteiger partial charge in [0, 0.05) is 32.2 Å². The van der Waals surface area contributed by atoms with Gasteiger partial charge in [-0.15, -0.1) is 0 Å². The van der Waals surface area contributed by atoms with Gasteiger partial charge in [0.1, 0.15) is 0 Å². The minimum Gasteiger partial charge on any atom is -0.306 e. The topological polar surface area (TPSA) is 44.3 Å². The summed E-state index contributed by atoms with van der Waals surface area (Å²) in [6, 6.07) is 8.36. The van der Waals surface area contributed by atoms with E-state index in [0.717, 1.165) is 42.9 Å². The third-order valence-electron chi connectivity index (χ3n) is 5.54. The van der Waals surface area contributed by atoms with Crippen LogP contribution >= 0.6 is 0 Å². The number of hydrogen-bond donors (Lipinski definition) is 1. The molecular formula is C18H26N4O. The fourth-order valence-corrected chi connectivity index (χ4v) is 4.21. The minimum atomic E-state index is 0.0437. The van der Waals surface area contributed by atoms with E-state index in [1.54, 1.807) is 0 Å². The van der Waals surface area contributed by atoms with E-state index in [9.17, 15) is 4.79 Å². The zero-order chi connectivity index (χ0) is 15.8. The predicted octanol–water partition coefficient (Wildman–Crippen LogP) is 1.92. The molecule has 0 aliphatic carbocycles. The maximum absolute atomic E-state index is 12.3. The average molecular weight is 314 g/mol. The second kappa shape index (κ2) is 6.13. The van der Waals surface area contributed by atoms with Crippen LogP contribution in [0.25, 0.3) is 11.0 Å². The van der Waals surface area contributed by atoms with Crippen molar-refractivity contribution in [1.82, 2.24) is 19.4 Å². The van der Waals surface area contributed by atoms with Crippen LogP contribution in [-0.4, -0.2) is 59.1 Å². The summed E-state index contributed by atoms with van der Waals surface area (Å²) >= 11 is 0. The van der Waals surface area contributed by atoms with E-state index >= 15 is 0 Å². The number of rotatable bonds is 4. The highest BCUT2D eigenvalue weighted by Crippen LogP contribution is 2.25. The lowest BCUT2D eigenvalue weighted by molar-refractivity contribution is 0.103. The molecular weight excluding hydrogens is 288 g/mol. The van der Waals surface area contributed by atoms with Gasteiger partial charge in [0.2, 0.25) is 0 Å². The number of nitrogens with one attached hydrogen (secondary N) is 1. The Bertz CT molecular complexity index is 720. The highest BCUT2D eigenvalue weighted by atomic mass is 16.1. The Hall–Kier alpha value is -1.59. The smallest absolute Gasteiger partial charge is 0.306 e. The molecule has 0 amide bonds. The van der Waals surface area contributed by atoms with Crippen LogP contribution in [0.4, 0.5) is 0 Å². The molecule has 0 atom stereocenters.